The van der Waals surface area contributed by atoms with Crippen LogP contribution in [0.25, 0.3) is 11.7 Å². The maximum absolute atomic E-state index is 11.8. The molecule has 9 nitrogen and oxygen atoms in total. The molecular weight excluding hydrogens is 336 g/mol. The van der Waals surface area contributed by atoms with E-state index in [1.165, 1.54) is 0 Å². The van der Waals surface area contributed by atoms with Crippen molar-refractivity contribution in [2.24, 2.45) is 0 Å². The summed E-state index contributed by atoms with van der Waals surface area (Å²) >= 11 is 0. The number of carbonyl (C=O) groups is 2. The number of carbonyl (C=O) groups excluding carboxylic acids is 2. The van der Waals surface area contributed by atoms with Crippen molar-refractivity contribution < 1.29 is 14.3 Å². The Morgan fingerprint density at radius 3 is 2.96 bits per heavy atom. The summed E-state index contributed by atoms with van der Waals surface area (Å²) in [6.45, 7) is 1.20. The SMILES string of the molecule is COCCNc1cc(NC2CC2)n2ncc(/C=C3\CC(=O)NC3=O)c2n1. The second kappa shape index (κ2) is 6.75. The highest BCUT2D eigenvalue weighted by Crippen LogP contribution is 2.27. The van der Waals surface area contributed by atoms with E-state index in [0.29, 0.717) is 41.8 Å². The van der Waals surface area contributed by atoms with Gasteiger partial charge in [-0.15, -0.1) is 0 Å². The molecule has 2 aromatic heterocycles. The van der Waals surface area contributed by atoms with Gasteiger partial charge in [-0.3, -0.25) is 14.9 Å². The van der Waals surface area contributed by atoms with Gasteiger partial charge in [-0.25, -0.2) is 4.98 Å². The van der Waals surface area contributed by atoms with E-state index in [9.17, 15) is 9.59 Å². The van der Waals surface area contributed by atoms with Gasteiger partial charge in [0.1, 0.15) is 11.6 Å². The third-order valence-electron chi connectivity index (χ3n) is 4.27. The molecule has 3 heterocycles. The predicted octanol–water partition coefficient (Wildman–Crippen LogP) is 0.792. The quantitative estimate of drug-likeness (QED) is 0.382. The highest BCUT2D eigenvalue weighted by molar-refractivity contribution is 6.15. The van der Waals surface area contributed by atoms with Crippen molar-refractivity contribution in [1.29, 1.82) is 0 Å². The van der Waals surface area contributed by atoms with Gasteiger partial charge in [0.05, 0.1) is 19.2 Å². The van der Waals surface area contributed by atoms with Crippen LogP contribution in [0.4, 0.5) is 11.6 Å². The molecule has 0 bridgehead atoms. The number of amides is 2. The number of aromatic nitrogens is 3. The highest BCUT2D eigenvalue weighted by atomic mass is 16.5. The van der Waals surface area contributed by atoms with E-state index < -0.39 is 0 Å². The molecule has 136 valence electrons. The molecule has 2 fully saturated rings. The minimum atomic E-state index is -0.361. The summed E-state index contributed by atoms with van der Waals surface area (Å²) in [6, 6.07) is 2.37. The van der Waals surface area contributed by atoms with Crippen LogP contribution in [0.2, 0.25) is 0 Å². The van der Waals surface area contributed by atoms with Crippen molar-refractivity contribution in [3.05, 3.63) is 23.4 Å². The molecule has 2 aromatic rings. The molecule has 3 N–H and O–H groups in total. The van der Waals surface area contributed by atoms with Gasteiger partial charge in [0, 0.05) is 36.9 Å². The van der Waals surface area contributed by atoms with Gasteiger partial charge >= 0.3 is 0 Å². The molecule has 1 saturated heterocycles. The van der Waals surface area contributed by atoms with Crippen molar-refractivity contribution in [1.82, 2.24) is 19.9 Å². The largest absolute Gasteiger partial charge is 0.383 e. The number of ether oxygens (including phenoxy) is 1. The first kappa shape index (κ1) is 16.5. The smallest absolute Gasteiger partial charge is 0.254 e. The number of fused-ring (bicyclic) bond motifs is 1. The lowest BCUT2D eigenvalue weighted by atomic mass is 10.1. The van der Waals surface area contributed by atoms with Gasteiger partial charge in [0.15, 0.2) is 5.65 Å². The molecule has 1 aliphatic heterocycles. The van der Waals surface area contributed by atoms with Crippen molar-refractivity contribution in [2.75, 3.05) is 30.9 Å². The van der Waals surface area contributed by atoms with Gasteiger partial charge in [-0.05, 0) is 18.9 Å². The molecule has 0 aromatic carbocycles. The van der Waals surface area contributed by atoms with Crippen LogP contribution in [-0.2, 0) is 14.3 Å². The van der Waals surface area contributed by atoms with Crippen LogP contribution in [0.15, 0.2) is 17.8 Å². The summed E-state index contributed by atoms with van der Waals surface area (Å²) in [6.07, 6.45) is 5.68. The number of nitrogens with zero attached hydrogens (tertiary/aromatic N) is 3. The van der Waals surface area contributed by atoms with Gasteiger partial charge < -0.3 is 15.4 Å². The summed E-state index contributed by atoms with van der Waals surface area (Å²) in [5.41, 5.74) is 1.73. The molecule has 0 atom stereocenters. The van der Waals surface area contributed by atoms with E-state index in [4.69, 9.17) is 4.74 Å². The Kier molecular flexibility index (Phi) is 4.29. The molecule has 4 rings (SSSR count). The maximum Gasteiger partial charge on any atom is 0.254 e. The summed E-state index contributed by atoms with van der Waals surface area (Å²) in [7, 11) is 1.65. The van der Waals surface area contributed by atoms with Crippen LogP contribution >= 0.6 is 0 Å². The first-order chi connectivity index (χ1) is 12.6. The van der Waals surface area contributed by atoms with Crippen LogP contribution in [0.5, 0.6) is 0 Å². The van der Waals surface area contributed by atoms with Crippen molar-refractivity contribution >= 4 is 35.2 Å². The second-order valence-electron chi connectivity index (χ2n) is 6.42. The van der Waals surface area contributed by atoms with Crippen LogP contribution in [-0.4, -0.2) is 52.7 Å². The Morgan fingerprint density at radius 1 is 1.42 bits per heavy atom. The first-order valence-corrected chi connectivity index (χ1v) is 8.57. The number of nitrogens with one attached hydrogen (secondary N) is 3. The fraction of sp³-hybridized carbons (Fsp3) is 0.412. The Morgan fingerprint density at radius 2 is 2.27 bits per heavy atom. The fourth-order valence-electron chi connectivity index (χ4n) is 2.80. The summed E-state index contributed by atoms with van der Waals surface area (Å²) in [5.74, 6) is 0.891. The molecule has 0 unspecified atom stereocenters. The van der Waals surface area contributed by atoms with E-state index in [-0.39, 0.29) is 18.2 Å². The van der Waals surface area contributed by atoms with Crippen LogP contribution in [0.1, 0.15) is 24.8 Å². The Hall–Kier alpha value is -2.94. The number of imide groups is 1. The standard InChI is InChI=1S/C17H20N6O3/c1-26-5-4-18-13-8-14(20-12-2-3-12)23-16(21-13)11(9-19-23)6-10-7-15(24)22-17(10)25/h6,8-9,12,20H,2-5,7H2,1H3,(H,18,21)(H,22,24,25)/b10-6+. The zero-order valence-electron chi connectivity index (χ0n) is 14.4. The number of hydrogen-bond acceptors (Lipinski definition) is 7. The molecule has 1 aliphatic carbocycles. The molecule has 9 heteroatoms. The summed E-state index contributed by atoms with van der Waals surface area (Å²) in [5, 5.41) is 13.4. The summed E-state index contributed by atoms with van der Waals surface area (Å²) < 4.78 is 6.79. The molecule has 0 radical (unpaired) electrons. The van der Waals surface area contributed by atoms with Gasteiger partial charge in [-0.2, -0.15) is 9.61 Å². The van der Waals surface area contributed by atoms with E-state index >= 15 is 0 Å². The minimum Gasteiger partial charge on any atom is -0.383 e. The summed E-state index contributed by atoms with van der Waals surface area (Å²) in [4.78, 5) is 27.8. The average Bonchev–Trinajstić information content (AvgIpc) is 3.24. The van der Waals surface area contributed by atoms with Crippen LogP contribution in [0, 0.1) is 0 Å². The second-order valence-corrected chi connectivity index (χ2v) is 6.42. The minimum absolute atomic E-state index is 0.0785. The third kappa shape index (κ3) is 3.38. The van der Waals surface area contributed by atoms with Crippen LogP contribution < -0.4 is 16.0 Å². The number of rotatable bonds is 7. The normalized spacial score (nSPS) is 18.6. The zero-order chi connectivity index (χ0) is 18.1. The average molecular weight is 356 g/mol. The molecule has 26 heavy (non-hydrogen) atoms. The number of methoxy groups -OCH3 is 1. The Balaban J connectivity index is 1.71. The zero-order valence-corrected chi connectivity index (χ0v) is 14.4. The fourth-order valence-corrected chi connectivity index (χ4v) is 2.80. The van der Waals surface area contributed by atoms with Gasteiger partial charge in [-0.1, -0.05) is 0 Å². The molecular formula is C17H20N6O3. The lowest BCUT2D eigenvalue weighted by molar-refractivity contribution is -0.124. The number of hydrogen-bond donors (Lipinski definition) is 3. The Bertz CT molecular complexity index is 899. The lowest BCUT2D eigenvalue weighted by Crippen LogP contribution is -2.19. The molecule has 1 saturated carbocycles. The predicted molar refractivity (Wildman–Crippen MR) is 95.7 cm³/mol. The van der Waals surface area contributed by atoms with Crippen molar-refractivity contribution in [2.45, 2.75) is 25.3 Å². The van der Waals surface area contributed by atoms with E-state index in [2.05, 4.69) is 26.0 Å². The van der Waals surface area contributed by atoms with Crippen LogP contribution in [0.3, 0.4) is 0 Å². The first-order valence-electron chi connectivity index (χ1n) is 8.57. The monoisotopic (exact) mass is 356 g/mol. The van der Waals surface area contributed by atoms with Gasteiger partial charge in [0.2, 0.25) is 5.91 Å². The van der Waals surface area contributed by atoms with Crippen molar-refractivity contribution in [3.8, 4) is 0 Å². The highest BCUT2D eigenvalue weighted by Gasteiger charge is 2.25. The maximum atomic E-state index is 11.8. The molecule has 0 spiro atoms. The number of anilines is 2. The molecule has 2 aliphatic rings. The topological polar surface area (TPSA) is 110 Å². The van der Waals surface area contributed by atoms with E-state index in [1.807, 2.05) is 6.07 Å². The van der Waals surface area contributed by atoms with E-state index in [0.717, 1.165) is 18.7 Å². The third-order valence-corrected chi connectivity index (χ3v) is 4.27. The van der Waals surface area contributed by atoms with Gasteiger partial charge in [0.25, 0.3) is 5.91 Å². The Labute approximate surface area is 149 Å². The van der Waals surface area contributed by atoms with Crippen molar-refractivity contribution in [3.63, 3.8) is 0 Å². The molecule has 2 amide bonds. The van der Waals surface area contributed by atoms with E-state index in [1.54, 1.807) is 23.9 Å². The lowest BCUT2D eigenvalue weighted by Gasteiger charge is -2.11.